The molecule has 2 aromatic rings. The molecule has 3 rings (SSSR count). The highest BCUT2D eigenvalue weighted by Gasteiger charge is 2.33. The molecule has 1 amide bonds. The summed E-state index contributed by atoms with van der Waals surface area (Å²) in [6.07, 6.45) is -1.72. The van der Waals surface area contributed by atoms with Crippen molar-refractivity contribution in [3.8, 4) is 0 Å². The van der Waals surface area contributed by atoms with Crippen LogP contribution in [0.15, 0.2) is 6.07 Å². The summed E-state index contributed by atoms with van der Waals surface area (Å²) in [6, 6.07) is 0.898. The Kier molecular flexibility index (Phi) is 4.25. The van der Waals surface area contributed by atoms with Gasteiger partial charge in [-0.05, 0) is 32.3 Å². The molecular weight excluding hydrogens is 323 g/mol. The number of aromatic amines is 1. The van der Waals surface area contributed by atoms with Gasteiger partial charge in [0.2, 0.25) is 0 Å². The number of alkyl halides is 3. The zero-order valence-electron chi connectivity index (χ0n) is 13.0. The lowest BCUT2D eigenvalue weighted by Crippen LogP contribution is -2.27. The van der Waals surface area contributed by atoms with Crippen molar-refractivity contribution in [3.63, 3.8) is 0 Å². The number of nitrogens with zero attached hydrogens (tertiary/aromatic N) is 3. The zero-order valence-corrected chi connectivity index (χ0v) is 13.0. The molecule has 0 saturated heterocycles. The molecule has 0 fully saturated rings. The van der Waals surface area contributed by atoms with E-state index in [-0.39, 0.29) is 30.4 Å². The summed E-state index contributed by atoms with van der Waals surface area (Å²) < 4.78 is 38.2. The number of carbonyl (C=O) groups excluding carboxylic acids is 1. The number of aromatic nitrogens is 4. The fourth-order valence-corrected chi connectivity index (χ4v) is 2.77. The summed E-state index contributed by atoms with van der Waals surface area (Å²) in [5.74, 6) is -0.284. The predicted octanol–water partition coefficient (Wildman–Crippen LogP) is 1.99. The first-order valence-corrected chi connectivity index (χ1v) is 7.60. The molecule has 2 aromatic heterocycles. The minimum atomic E-state index is -4.51. The van der Waals surface area contributed by atoms with Gasteiger partial charge in [-0.3, -0.25) is 9.89 Å². The normalized spacial score (nSPS) is 13.8. The minimum absolute atomic E-state index is 0.0508. The SMILES string of the molecule is Cc1cc(C(F)(F)F)nc(CCNC(=O)c2n[nH]c3c2CCC3)n1. The van der Waals surface area contributed by atoms with E-state index in [1.807, 2.05) is 0 Å². The monoisotopic (exact) mass is 339 g/mol. The summed E-state index contributed by atoms with van der Waals surface area (Å²) in [6.45, 7) is 1.62. The second-order valence-corrected chi connectivity index (χ2v) is 5.70. The second-order valence-electron chi connectivity index (χ2n) is 5.70. The molecular formula is C15H16F3N5O. The zero-order chi connectivity index (χ0) is 17.3. The smallest absolute Gasteiger partial charge is 0.350 e. The Balaban J connectivity index is 1.62. The lowest BCUT2D eigenvalue weighted by Gasteiger charge is -2.09. The Morgan fingerprint density at radius 3 is 2.88 bits per heavy atom. The van der Waals surface area contributed by atoms with E-state index in [0.29, 0.717) is 5.69 Å². The molecule has 6 nitrogen and oxygen atoms in total. The molecule has 0 bridgehead atoms. The number of fused-ring (bicyclic) bond motifs is 1. The van der Waals surface area contributed by atoms with Crippen molar-refractivity contribution in [2.75, 3.05) is 6.54 Å². The number of rotatable bonds is 4. The maximum atomic E-state index is 12.7. The summed E-state index contributed by atoms with van der Waals surface area (Å²) in [7, 11) is 0. The fraction of sp³-hybridized carbons (Fsp3) is 0.467. The topological polar surface area (TPSA) is 83.6 Å². The molecule has 2 heterocycles. The number of hydrogen-bond acceptors (Lipinski definition) is 4. The number of nitrogens with one attached hydrogen (secondary N) is 2. The molecule has 0 saturated carbocycles. The van der Waals surface area contributed by atoms with Crippen LogP contribution >= 0.6 is 0 Å². The van der Waals surface area contributed by atoms with Crippen LogP contribution in [0.1, 0.15) is 45.4 Å². The van der Waals surface area contributed by atoms with Crippen LogP contribution in [0.2, 0.25) is 0 Å². The van der Waals surface area contributed by atoms with Gasteiger partial charge in [-0.25, -0.2) is 9.97 Å². The standard InChI is InChI=1S/C15H16F3N5O/c1-8-7-11(15(16,17)18)21-12(20-8)5-6-19-14(24)13-9-3-2-4-10(9)22-23-13/h7H,2-6H2,1H3,(H,19,24)(H,22,23). The van der Waals surface area contributed by atoms with Gasteiger partial charge < -0.3 is 5.32 Å². The molecule has 0 aliphatic heterocycles. The van der Waals surface area contributed by atoms with Crippen LogP contribution in [0.3, 0.4) is 0 Å². The first kappa shape index (κ1) is 16.4. The Bertz CT molecular complexity index is 769. The first-order valence-electron chi connectivity index (χ1n) is 7.60. The minimum Gasteiger partial charge on any atom is -0.350 e. The highest BCUT2D eigenvalue weighted by molar-refractivity contribution is 5.94. The number of H-pyrrole nitrogens is 1. The molecule has 9 heteroatoms. The van der Waals surface area contributed by atoms with E-state index >= 15 is 0 Å². The van der Waals surface area contributed by atoms with E-state index in [0.717, 1.165) is 36.6 Å². The van der Waals surface area contributed by atoms with E-state index in [9.17, 15) is 18.0 Å². The van der Waals surface area contributed by atoms with Gasteiger partial charge >= 0.3 is 6.18 Å². The molecule has 0 radical (unpaired) electrons. The van der Waals surface area contributed by atoms with Gasteiger partial charge in [0.1, 0.15) is 11.5 Å². The van der Waals surface area contributed by atoms with Crippen molar-refractivity contribution in [2.45, 2.75) is 38.8 Å². The Morgan fingerprint density at radius 2 is 2.12 bits per heavy atom. The summed E-state index contributed by atoms with van der Waals surface area (Å²) >= 11 is 0. The average Bonchev–Trinajstić information content (AvgIpc) is 3.08. The lowest BCUT2D eigenvalue weighted by molar-refractivity contribution is -0.141. The van der Waals surface area contributed by atoms with Crippen molar-refractivity contribution in [1.29, 1.82) is 0 Å². The average molecular weight is 339 g/mol. The number of amides is 1. The van der Waals surface area contributed by atoms with E-state index in [1.54, 1.807) is 0 Å². The molecule has 24 heavy (non-hydrogen) atoms. The van der Waals surface area contributed by atoms with E-state index in [2.05, 4.69) is 25.5 Å². The quantitative estimate of drug-likeness (QED) is 0.892. The number of halogens is 3. The highest BCUT2D eigenvalue weighted by Crippen LogP contribution is 2.27. The van der Waals surface area contributed by atoms with Gasteiger partial charge in [-0.2, -0.15) is 18.3 Å². The van der Waals surface area contributed by atoms with Crippen LogP contribution in [0, 0.1) is 6.92 Å². The van der Waals surface area contributed by atoms with Crippen molar-refractivity contribution >= 4 is 5.91 Å². The van der Waals surface area contributed by atoms with Crippen molar-refractivity contribution < 1.29 is 18.0 Å². The third kappa shape index (κ3) is 3.39. The van der Waals surface area contributed by atoms with Crippen LogP contribution in [0.25, 0.3) is 0 Å². The lowest BCUT2D eigenvalue weighted by atomic mass is 10.2. The summed E-state index contributed by atoms with van der Waals surface area (Å²) in [4.78, 5) is 19.6. The number of hydrogen-bond donors (Lipinski definition) is 2. The first-order chi connectivity index (χ1) is 11.3. The highest BCUT2D eigenvalue weighted by atomic mass is 19.4. The molecule has 1 aliphatic rings. The van der Waals surface area contributed by atoms with Gasteiger partial charge in [0.15, 0.2) is 5.69 Å². The van der Waals surface area contributed by atoms with Gasteiger partial charge in [0.05, 0.1) is 0 Å². The summed E-state index contributed by atoms with van der Waals surface area (Å²) in [5, 5.41) is 9.51. The largest absolute Gasteiger partial charge is 0.433 e. The number of carbonyl (C=O) groups is 1. The fourth-order valence-electron chi connectivity index (χ4n) is 2.77. The molecule has 2 N–H and O–H groups in total. The van der Waals surface area contributed by atoms with Crippen LogP contribution in [-0.4, -0.2) is 32.6 Å². The number of aryl methyl sites for hydroxylation is 2. The second kappa shape index (κ2) is 6.21. The molecule has 1 aliphatic carbocycles. The van der Waals surface area contributed by atoms with Crippen molar-refractivity contribution in [1.82, 2.24) is 25.5 Å². The Hall–Kier alpha value is -2.45. The molecule has 0 unspecified atom stereocenters. The maximum absolute atomic E-state index is 12.7. The maximum Gasteiger partial charge on any atom is 0.433 e. The van der Waals surface area contributed by atoms with Gasteiger partial charge in [0.25, 0.3) is 5.91 Å². The van der Waals surface area contributed by atoms with Gasteiger partial charge in [-0.15, -0.1) is 0 Å². The Morgan fingerprint density at radius 1 is 1.33 bits per heavy atom. The van der Waals surface area contributed by atoms with Crippen molar-refractivity contribution in [2.24, 2.45) is 0 Å². The molecule has 0 atom stereocenters. The molecule has 128 valence electrons. The Labute approximate surface area is 135 Å². The van der Waals surface area contributed by atoms with Gasteiger partial charge in [-0.1, -0.05) is 0 Å². The van der Waals surface area contributed by atoms with Crippen LogP contribution in [0.4, 0.5) is 13.2 Å². The summed E-state index contributed by atoms with van der Waals surface area (Å²) in [5.41, 5.74) is 1.55. The van der Waals surface area contributed by atoms with Crippen LogP contribution in [0.5, 0.6) is 0 Å². The van der Waals surface area contributed by atoms with Gasteiger partial charge in [0, 0.05) is 29.9 Å². The molecule has 0 spiro atoms. The van der Waals surface area contributed by atoms with Crippen LogP contribution in [-0.2, 0) is 25.4 Å². The van der Waals surface area contributed by atoms with E-state index in [1.165, 1.54) is 6.92 Å². The third-order valence-electron chi connectivity index (χ3n) is 3.85. The molecule has 0 aromatic carbocycles. The van der Waals surface area contributed by atoms with Crippen molar-refractivity contribution in [3.05, 3.63) is 40.2 Å². The van der Waals surface area contributed by atoms with E-state index < -0.39 is 11.9 Å². The van der Waals surface area contributed by atoms with Crippen LogP contribution < -0.4 is 5.32 Å². The third-order valence-corrected chi connectivity index (χ3v) is 3.85. The van der Waals surface area contributed by atoms with E-state index in [4.69, 9.17) is 0 Å². The predicted molar refractivity (Wildman–Crippen MR) is 78.4 cm³/mol.